The minimum atomic E-state index is 0.330. The molecule has 0 aliphatic heterocycles. The van der Waals surface area contributed by atoms with Crippen molar-refractivity contribution in [2.24, 2.45) is 0 Å². The monoisotopic (exact) mass is 461 g/mol. The molecule has 0 N–H and O–H groups in total. The quantitative estimate of drug-likeness (QED) is 0.352. The van der Waals surface area contributed by atoms with Crippen molar-refractivity contribution < 1.29 is 23.0 Å². The SMILES string of the molecule is COc1cc(-c2nnc(CSc3nnc(-c4sc(C)nc4C)o3)o2)cc(OC)c1OC. The van der Waals surface area contributed by atoms with Crippen LogP contribution in [0.1, 0.15) is 16.6 Å². The molecule has 0 saturated heterocycles. The molecule has 0 spiro atoms. The molecule has 0 unspecified atom stereocenters. The van der Waals surface area contributed by atoms with Crippen molar-refractivity contribution >= 4 is 23.1 Å². The van der Waals surface area contributed by atoms with E-state index in [0.29, 0.717) is 51.5 Å². The fraction of sp³-hybridized carbons (Fsp3) is 0.316. The number of thioether (sulfide) groups is 1. The van der Waals surface area contributed by atoms with E-state index in [1.54, 1.807) is 33.5 Å². The van der Waals surface area contributed by atoms with Crippen molar-refractivity contribution in [3.8, 4) is 39.5 Å². The summed E-state index contributed by atoms with van der Waals surface area (Å²) in [6.45, 7) is 3.85. The van der Waals surface area contributed by atoms with Crippen LogP contribution >= 0.6 is 23.1 Å². The molecular formula is C19H19N5O5S2. The average molecular weight is 462 g/mol. The van der Waals surface area contributed by atoms with Gasteiger partial charge in [0.05, 0.1) is 37.8 Å². The maximum atomic E-state index is 5.79. The highest BCUT2D eigenvalue weighted by Crippen LogP contribution is 2.41. The first kappa shape index (κ1) is 21.1. The van der Waals surface area contributed by atoms with Gasteiger partial charge in [0.2, 0.25) is 17.5 Å². The number of hydrogen-bond acceptors (Lipinski definition) is 12. The minimum absolute atomic E-state index is 0.330. The van der Waals surface area contributed by atoms with Crippen LogP contribution in [-0.4, -0.2) is 46.7 Å². The zero-order chi connectivity index (χ0) is 22.0. The van der Waals surface area contributed by atoms with E-state index in [1.807, 2.05) is 13.8 Å². The van der Waals surface area contributed by atoms with Gasteiger partial charge in [0.1, 0.15) is 4.88 Å². The maximum Gasteiger partial charge on any atom is 0.277 e. The van der Waals surface area contributed by atoms with Gasteiger partial charge < -0.3 is 23.0 Å². The van der Waals surface area contributed by atoms with Crippen molar-refractivity contribution in [3.05, 3.63) is 28.7 Å². The normalized spacial score (nSPS) is 11.0. The number of rotatable bonds is 8. The van der Waals surface area contributed by atoms with Gasteiger partial charge in [0.25, 0.3) is 11.1 Å². The van der Waals surface area contributed by atoms with Crippen LogP contribution in [0.25, 0.3) is 22.2 Å². The molecule has 4 rings (SSSR count). The molecule has 0 fully saturated rings. The molecule has 4 aromatic rings. The fourth-order valence-corrected chi connectivity index (χ4v) is 4.29. The van der Waals surface area contributed by atoms with E-state index in [4.69, 9.17) is 23.0 Å². The van der Waals surface area contributed by atoms with E-state index in [9.17, 15) is 0 Å². The summed E-state index contributed by atoms with van der Waals surface area (Å²) in [7, 11) is 4.64. The molecule has 0 atom stereocenters. The topological polar surface area (TPSA) is 118 Å². The number of methoxy groups -OCH3 is 3. The van der Waals surface area contributed by atoms with Gasteiger partial charge in [-0.25, -0.2) is 4.98 Å². The van der Waals surface area contributed by atoms with E-state index < -0.39 is 0 Å². The Bertz CT molecular complexity index is 1180. The lowest BCUT2D eigenvalue weighted by atomic mass is 10.2. The lowest BCUT2D eigenvalue weighted by Gasteiger charge is -2.12. The summed E-state index contributed by atoms with van der Waals surface area (Å²) in [5.41, 5.74) is 1.52. The molecule has 10 nitrogen and oxygen atoms in total. The summed E-state index contributed by atoms with van der Waals surface area (Å²) in [6, 6.07) is 3.49. The Kier molecular flexibility index (Phi) is 6.09. The van der Waals surface area contributed by atoms with Crippen molar-refractivity contribution in [1.82, 2.24) is 25.4 Å². The number of thiazole rings is 1. The van der Waals surface area contributed by atoms with Crippen LogP contribution in [0.5, 0.6) is 17.2 Å². The second-order valence-electron chi connectivity index (χ2n) is 6.22. The van der Waals surface area contributed by atoms with Crippen molar-refractivity contribution in [1.29, 1.82) is 0 Å². The second-order valence-corrected chi connectivity index (χ2v) is 8.35. The molecule has 0 saturated carbocycles. The summed E-state index contributed by atoms with van der Waals surface area (Å²) >= 11 is 2.83. The number of nitrogens with zero attached hydrogens (tertiary/aromatic N) is 5. The van der Waals surface area contributed by atoms with Crippen LogP contribution < -0.4 is 14.2 Å². The van der Waals surface area contributed by atoms with Gasteiger partial charge in [-0.3, -0.25) is 0 Å². The Morgan fingerprint density at radius 3 is 2.23 bits per heavy atom. The zero-order valence-electron chi connectivity index (χ0n) is 17.5. The lowest BCUT2D eigenvalue weighted by Crippen LogP contribution is -1.95. The number of aryl methyl sites for hydroxylation is 2. The van der Waals surface area contributed by atoms with Gasteiger partial charge in [-0.1, -0.05) is 11.8 Å². The van der Waals surface area contributed by atoms with Crippen molar-refractivity contribution in [3.63, 3.8) is 0 Å². The Morgan fingerprint density at radius 2 is 1.61 bits per heavy atom. The summed E-state index contributed by atoms with van der Waals surface area (Å²) in [5.74, 6) is 3.06. The van der Waals surface area contributed by atoms with Crippen LogP contribution in [0, 0.1) is 13.8 Å². The van der Waals surface area contributed by atoms with Crippen LogP contribution in [0.15, 0.2) is 26.2 Å². The van der Waals surface area contributed by atoms with E-state index >= 15 is 0 Å². The molecular weight excluding hydrogens is 442 g/mol. The maximum absolute atomic E-state index is 5.79. The van der Waals surface area contributed by atoms with E-state index in [1.165, 1.54) is 23.1 Å². The molecule has 3 heterocycles. The molecule has 162 valence electrons. The van der Waals surface area contributed by atoms with Gasteiger partial charge in [0, 0.05) is 5.56 Å². The number of hydrogen-bond donors (Lipinski definition) is 0. The van der Waals surface area contributed by atoms with Gasteiger partial charge >= 0.3 is 0 Å². The first-order valence-corrected chi connectivity index (χ1v) is 10.9. The molecule has 0 amide bonds. The summed E-state index contributed by atoms with van der Waals surface area (Å²) < 4.78 is 27.6. The fourth-order valence-electron chi connectivity index (χ4n) is 2.85. The van der Waals surface area contributed by atoms with Gasteiger partial charge in [0.15, 0.2) is 11.5 Å². The van der Waals surface area contributed by atoms with Crippen LogP contribution in [0.2, 0.25) is 0 Å². The van der Waals surface area contributed by atoms with Crippen LogP contribution in [-0.2, 0) is 5.75 Å². The summed E-state index contributed by atoms with van der Waals surface area (Å²) in [6.07, 6.45) is 0. The minimum Gasteiger partial charge on any atom is -0.493 e. The first-order valence-electron chi connectivity index (χ1n) is 9.05. The Hall–Kier alpha value is -3.12. The zero-order valence-corrected chi connectivity index (χ0v) is 19.1. The highest BCUT2D eigenvalue weighted by atomic mass is 32.2. The van der Waals surface area contributed by atoms with Crippen LogP contribution in [0.3, 0.4) is 0 Å². The Labute approximate surface area is 186 Å². The first-order chi connectivity index (χ1) is 15.0. The van der Waals surface area contributed by atoms with E-state index in [2.05, 4.69) is 25.4 Å². The molecule has 12 heteroatoms. The smallest absolute Gasteiger partial charge is 0.277 e. The highest BCUT2D eigenvalue weighted by Gasteiger charge is 2.19. The van der Waals surface area contributed by atoms with Gasteiger partial charge in [-0.2, -0.15) is 0 Å². The molecule has 0 radical (unpaired) electrons. The average Bonchev–Trinajstić information content (AvgIpc) is 3.50. The summed E-state index contributed by atoms with van der Waals surface area (Å²) in [5, 5.41) is 17.8. The highest BCUT2D eigenvalue weighted by molar-refractivity contribution is 7.98. The van der Waals surface area contributed by atoms with E-state index in [0.717, 1.165) is 15.6 Å². The predicted molar refractivity (Wildman–Crippen MR) is 114 cm³/mol. The molecule has 1 aromatic carbocycles. The standard InChI is InChI=1S/C19H19N5O5S2/c1-9-16(31-10(2)20-9)18-23-24-19(29-18)30-8-14-21-22-17(28-14)11-6-12(25-3)15(27-5)13(7-11)26-4/h6-7H,8H2,1-5H3. The number of benzene rings is 1. The molecule has 31 heavy (non-hydrogen) atoms. The van der Waals surface area contributed by atoms with Crippen LogP contribution in [0.4, 0.5) is 0 Å². The third kappa shape index (κ3) is 4.35. The summed E-state index contributed by atoms with van der Waals surface area (Å²) in [4.78, 5) is 5.26. The molecule has 3 aromatic heterocycles. The third-order valence-electron chi connectivity index (χ3n) is 4.20. The Morgan fingerprint density at radius 1 is 0.903 bits per heavy atom. The lowest BCUT2D eigenvalue weighted by molar-refractivity contribution is 0.324. The van der Waals surface area contributed by atoms with Gasteiger partial charge in [-0.05, 0) is 26.0 Å². The third-order valence-corrected chi connectivity index (χ3v) is 6.07. The Balaban J connectivity index is 1.49. The van der Waals surface area contributed by atoms with Crippen molar-refractivity contribution in [2.75, 3.05) is 21.3 Å². The van der Waals surface area contributed by atoms with E-state index in [-0.39, 0.29) is 0 Å². The number of aromatic nitrogens is 5. The molecule has 0 bridgehead atoms. The number of ether oxygens (including phenoxy) is 3. The largest absolute Gasteiger partial charge is 0.493 e. The molecule has 0 aliphatic carbocycles. The molecule has 0 aliphatic rings. The van der Waals surface area contributed by atoms with Crippen molar-refractivity contribution in [2.45, 2.75) is 24.8 Å². The predicted octanol–water partition coefficient (Wildman–Crippen LogP) is 4.18. The second kappa shape index (κ2) is 8.94. The van der Waals surface area contributed by atoms with Gasteiger partial charge in [-0.15, -0.1) is 31.7 Å².